The molecule has 7 nitrogen and oxygen atoms in total. The lowest BCUT2D eigenvalue weighted by Gasteiger charge is -2.17. The topological polar surface area (TPSA) is 92.8 Å². The summed E-state index contributed by atoms with van der Waals surface area (Å²) in [4.78, 5) is 52.0. The number of anilines is 2. The lowest BCUT2D eigenvalue weighted by atomic mass is 10.1. The molecule has 0 aliphatic carbocycles. The fourth-order valence-corrected chi connectivity index (χ4v) is 3.95. The first-order chi connectivity index (χ1) is 16.2. The summed E-state index contributed by atoms with van der Waals surface area (Å²) in [7, 11) is 0. The Labute approximate surface area is 197 Å². The minimum absolute atomic E-state index is 0.0857. The zero-order valence-electron chi connectivity index (χ0n) is 19.4. The highest BCUT2D eigenvalue weighted by Gasteiger charge is 2.38. The van der Waals surface area contributed by atoms with Crippen LogP contribution in [-0.2, 0) is 9.53 Å². The van der Waals surface area contributed by atoms with E-state index in [1.54, 1.807) is 6.07 Å². The normalized spacial score (nSPS) is 12.5. The number of amides is 3. The van der Waals surface area contributed by atoms with Crippen molar-refractivity contribution in [1.29, 1.82) is 0 Å². The van der Waals surface area contributed by atoms with Gasteiger partial charge in [-0.05, 0) is 74.2 Å². The first kappa shape index (κ1) is 22.9. The van der Waals surface area contributed by atoms with E-state index in [2.05, 4.69) is 5.32 Å². The van der Waals surface area contributed by atoms with E-state index in [1.165, 1.54) is 18.2 Å². The van der Waals surface area contributed by atoms with Crippen LogP contribution in [0.1, 0.15) is 53.3 Å². The minimum Gasteiger partial charge on any atom is -0.452 e. The highest BCUT2D eigenvalue weighted by molar-refractivity contribution is 6.35. The number of esters is 1. The smallest absolute Gasteiger partial charge is 0.338 e. The largest absolute Gasteiger partial charge is 0.452 e. The van der Waals surface area contributed by atoms with Crippen molar-refractivity contribution in [2.75, 3.05) is 16.8 Å². The third kappa shape index (κ3) is 4.20. The zero-order valence-corrected chi connectivity index (χ0v) is 19.4. The molecule has 1 heterocycles. The molecule has 0 unspecified atom stereocenters. The van der Waals surface area contributed by atoms with Crippen LogP contribution in [-0.4, -0.2) is 30.3 Å². The van der Waals surface area contributed by atoms with Crippen LogP contribution in [0, 0.1) is 27.7 Å². The molecule has 0 fully saturated rings. The molecule has 34 heavy (non-hydrogen) atoms. The Hall–Kier alpha value is -4.26. The van der Waals surface area contributed by atoms with Crippen molar-refractivity contribution in [1.82, 2.24) is 0 Å². The van der Waals surface area contributed by atoms with Crippen LogP contribution < -0.4 is 10.2 Å². The predicted octanol–water partition coefficient (Wildman–Crippen LogP) is 4.52. The van der Waals surface area contributed by atoms with E-state index >= 15 is 0 Å². The van der Waals surface area contributed by atoms with Gasteiger partial charge in [0.25, 0.3) is 17.7 Å². The van der Waals surface area contributed by atoms with Gasteiger partial charge >= 0.3 is 5.97 Å². The third-order valence-electron chi connectivity index (χ3n) is 5.81. The van der Waals surface area contributed by atoms with Gasteiger partial charge < -0.3 is 10.1 Å². The van der Waals surface area contributed by atoms with Gasteiger partial charge in [-0.3, -0.25) is 14.4 Å². The van der Waals surface area contributed by atoms with Gasteiger partial charge in [-0.15, -0.1) is 0 Å². The molecule has 1 N–H and O–H groups in total. The summed E-state index contributed by atoms with van der Waals surface area (Å²) in [5.74, 6) is -2.18. The molecule has 0 saturated heterocycles. The molecule has 3 aromatic rings. The van der Waals surface area contributed by atoms with Crippen molar-refractivity contribution in [3.05, 3.63) is 93.5 Å². The first-order valence-electron chi connectivity index (χ1n) is 10.8. The molecular weight excluding hydrogens is 432 g/mol. The second-order valence-electron chi connectivity index (χ2n) is 8.39. The summed E-state index contributed by atoms with van der Waals surface area (Å²) in [5, 5.41) is 2.75. The molecule has 1 aliphatic heterocycles. The first-order valence-corrected chi connectivity index (χ1v) is 10.8. The number of hydrogen-bond acceptors (Lipinski definition) is 5. The second-order valence-corrected chi connectivity index (χ2v) is 8.39. The Morgan fingerprint density at radius 1 is 0.824 bits per heavy atom. The van der Waals surface area contributed by atoms with Gasteiger partial charge in [0.2, 0.25) is 0 Å². The van der Waals surface area contributed by atoms with Crippen molar-refractivity contribution < 1.29 is 23.9 Å². The predicted molar refractivity (Wildman–Crippen MR) is 128 cm³/mol. The Kier molecular flexibility index (Phi) is 6.03. The van der Waals surface area contributed by atoms with E-state index in [9.17, 15) is 19.2 Å². The second kappa shape index (κ2) is 8.94. The summed E-state index contributed by atoms with van der Waals surface area (Å²) < 4.78 is 5.15. The van der Waals surface area contributed by atoms with Gasteiger partial charge in [0.15, 0.2) is 6.61 Å². The SMILES string of the molecule is Cc1ccc(C)c(N2C(=O)c3ccc(C(=O)OCC(=O)Nc4c(C)cccc4C)cc3C2=O)c1. The lowest BCUT2D eigenvalue weighted by molar-refractivity contribution is -0.119. The van der Waals surface area contributed by atoms with E-state index < -0.39 is 30.3 Å². The molecule has 172 valence electrons. The number of hydrogen-bond donors (Lipinski definition) is 1. The number of rotatable bonds is 5. The maximum absolute atomic E-state index is 13.1. The molecule has 0 bridgehead atoms. The number of nitrogens with zero attached hydrogens (tertiary/aromatic N) is 1. The quantitative estimate of drug-likeness (QED) is 0.450. The molecule has 7 heteroatoms. The van der Waals surface area contributed by atoms with Crippen molar-refractivity contribution in [3.63, 3.8) is 0 Å². The fourth-order valence-electron chi connectivity index (χ4n) is 3.95. The Morgan fingerprint density at radius 3 is 2.21 bits per heavy atom. The van der Waals surface area contributed by atoms with Crippen molar-refractivity contribution in [2.45, 2.75) is 27.7 Å². The van der Waals surface area contributed by atoms with E-state index in [0.717, 1.165) is 27.2 Å². The highest BCUT2D eigenvalue weighted by atomic mass is 16.5. The average Bonchev–Trinajstić information content (AvgIpc) is 3.05. The number of fused-ring (bicyclic) bond motifs is 1. The Balaban J connectivity index is 1.48. The summed E-state index contributed by atoms with van der Waals surface area (Å²) >= 11 is 0. The van der Waals surface area contributed by atoms with Gasteiger partial charge in [0.1, 0.15) is 0 Å². The lowest BCUT2D eigenvalue weighted by Crippen LogP contribution is -2.30. The summed E-state index contributed by atoms with van der Waals surface area (Å²) in [6, 6.07) is 15.4. The van der Waals surface area contributed by atoms with Gasteiger partial charge in [0.05, 0.1) is 22.4 Å². The molecule has 0 atom stereocenters. The van der Waals surface area contributed by atoms with Gasteiger partial charge in [0, 0.05) is 5.69 Å². The van der Waals surface area contributed by atoms with E-state index in [4.69, 9.17) is 4.74 Å². The third-order valence-corrected chi connectivity index (χ3v) is 5.81. The number of ether oxygens (including phenoxy) is 1. The maximum Gasteiger partial charge on any atom is 0.338 e. The summed E-state index contributed by atoms with van der Waals surface area (Å²) in [6.07, 6.45) is 0. The van der Waals surface area contributed by atoms with Crippen LogP contribution in [0.4, 0.5) is 11.4 Å². The fraction of sp³-hybridized carbons (Fsp3) is 0.185. The molecule has 0 saturated carbocycles. The van der Waals surface area contributed by atoms with E-state index in [-0.39, 0.29) is 16.7 Å². The molecule has 1 aliphatic rings. The average molecular weight is 456 g/mol. The highest BCUT2D eigenvalue weighted by Crippen LogP contribution is 2.32. The number of aryl methyl sites for hydroxylation is 4. The number of carbonyl (C=O) groups is 4. The molecular formula is C27H24N2O5. The maximum atomic E-state index is 13.1. The van der Waals surface area contributed by atoms with Crippen LogP contribution in [0.2, 0.25) is 0 Å². The van der Waals surface area contributed by atoms with Crippen LogP contribution in [0.3, 0.4) is 0 Å². The number of imide groups is 1. The minimum atomic E-state index is -0.759. The van der Waals surface area contributed by atoms with Crippen molar-refractivity contribution in [2.24, 2.45) is 0 Å². The standard InChI is InChI=1S/C27H24N2O5/c1-15-8-9-16(2)22(12-15)29-25(31)20-11-10-19(13-21(20)26(29)32)27(33)34-14-23(30)28-24-17(3)6-5-7-18(24)4/h5-13H,14H2,1-4H3,(H,28,30). The Bertz CT molecular complexity index is 1340. The van der Waals surface area contributed by atoms with E-state index in [0.29, 0.717) is 11.4 Å². The summed E-state index contributed by atoms with van der Waals surface area (Å²) in [5.41, 5.74) is 5.12. The van der Waals surface area contributed by atoms with Crippen LogP contribution in [0.5, 0.6) is 0 Å². The number of nitrogens with one attached hydrogen (secondary N) is 1. The summed E-state index contributed by atoms with van der Waals surface area (Å²) in [6.45, 7) is 6.97. The molecule has 0 aromatic heterocycles. The molecule has 0 radical (unpaired) electrons. The molecule has 4 rings (SSSR count). The monoisotopic (exact) mass is 456 g/mol. The van der Waals surface area contributed by atoms with Gasteiger partial charge in [-0.2, -0.15) is 0 Å². The number of benzene rings is 3. The number of para-hydroxylation sites is 1. The van der Waals surface area contributed by atoms with Gasteiger partial charge in [-0.25, -0.2) is 9.69 Å². The molecule has 3 amide bonds. The van der Waals surface area contributed by atoms with E-state index in [1.807, 2.05) is 58.0 Å². The van der Waals surface area contributed by atoms with Crippen LogP contribution >= 0.6 is 0 Å². The van der Waals surface area contributed by atoms with Crippen LogP contribution in [0.25, 0.3) is 0 Å². The van der Waals surface area contributed by atoms with Crippen molar-refractivity contribution >= 4 is 35.1 Å². The Morgan fingerprint density at radius 2 is 1.50 bits per heavy atom. The van der Waals surface area contributed by atoms with Crippen molar-refractivity contribution in [3.8, 4) is 0 Å². The number of carbonyl (C=O) groups excluding carboxylic acids is 4. The zero-order chi connectivity index (χ0) is 24.6. The van der Waals surface area contributed by atoms with Crippen LogP contribution in [0.15, 0.2) is 54.6 Å². The molecule has 3 aromatic carbocycles. The molecule has 0 spiro atoms. The van der Waals surface area contributed by atoms with Gasteiger partial charge in [-0.1, -0.05) is 30.3 Å².